The molecule has 0 saturated carbocycles. The van der Waals surface area contributed by atoms with Gasteiger partial charge in [-0.25, -0.2) is 10.3 Å². The molecule has 2 amide bonds. The van der Waals surface area contributed by atoms with E-state index in [2.05, 4.69) is 5.32 Å². The molecule has 0 aliphatic heterocycles. The molecular weight excluding hydrogens is 276 g/mol. The number of carbonyl (C=O) groups excluding carboxylic acids is 2. The molecule has 1 aromatic carbocycles. The number of hydrogen-bond donors (Lipinski definition) is 4. The molecule has 21 heavy (non-hydrogen) atoms. The second kappa shape index (κ2) is 8.01. The molecule has 0 radical (unpaired) electrons. The highest BCUT2D eigenvalue weighted by Gasteiger charge is 2.24. The summed E-state index contributed by atoms with van der Waals surface area (Å²) in [7, 11) is 0. The number of amides is 2. The number of carboxylic acids is 1. The predicted octanol–water partition coefficient (Wildman–Crippen LogP) is 0.330. The molecule has 114 valence electrons. The van der Waals surface area contributed by atoms with Crippen LogP contribution in [0.3, 0.4) is 0 Å². The van der Waals surface area contributed by atoms with Crippen LogP contribution >= 0.6 is 0 Å². The summed E-state index contributed by atoms with van der Waals surface area (Å²) < 4.78 is 0. The minimum Gasteiger partial charge on any atom is -0.480 e. The second-order valence-corrected chi connectivity index (χ2v) is 4.73. The maximum absolute atomic E-state index is 11.9. The number of aliphatic carboxylic acids is 1. The van der Waals surface area contributed by atoms with Crippen molar-refractivity contribution < 1.29 is 24.7 Å². The van der Waals surface area contributed by atoms with Crippen LogP contribution in [0.1, 0.15) is 18.9 Å². The minimum atomic E-state index is -1.15. The van der Waals surface area contributed by atoms with Gasteiger partial charge >= 0.3 is 5.97 Å². The van der Waals surface area contributed by atoms with E-state index in [0.717, 1.165) is 5.56 Å². The van der Waals surface area contributed by atoms with Crippen molar-refractivity contribution in [2.24, 2.45) is 5.92 Å². The lowest BCUT2D eigenvalue weighted by Crippen LogP contribution is -2.45. The van der Waals surface area contributed by atoms with Crippen molar-refractivity contribution in [3.05, 3.63) is 35.9 Å². The minimum absolute atomic E-state index is 0.154. The smallest absolute Gasteiger partial charge is 0.326 e. The van der Waals surface area contributed by atoms with Crippen molar-refractivity contribution in [1.82, 2.24) is 10.8 Å². The fraction of sp³-hybridized carbons (Fsp3) is 0.357. The van der Waals surface area contributed by atoms with Crippen LogP contribution < -0.4 is 10.8 Å². The van der Waals surface area contributed by atoms with Crippen LogP contribution in [0.5, 0.6) is 0 Å². The first-order chi connectivity index (χ1) is 9.93. The Morgan fingerprint density at radius 3 is 2.33 bits per heavy atom. The molecule has 2 atom stereocenters. The monoisotopic (exact) mass is 294 g/mol. The number of hydrogen-bond acceptors (Lipinski definition) is 4. The Balaban J connectivity index is 2.64. The molecule has 0 heterocycles. The van der Waals surface area contributed by atoms with E-state index in [1.807, 2.05) is 6.07 Å². The van der Waals surface area contributed by atoms with Crippen molar-refractivity contribution in [2.45, 2.75) is 25.8 Å². The third kappa shape index (κ3) is 5.62. The van der Waals surface area contributed by atoms with Crippen molar-refractivity contribution in [2.75, 3.05) is 0 Å². The van der Waals surface area contributed by atoms with Gasteiger partial charge in [-0.1, -0.05) is 37.3 Å². The van der Waals surface area contributed by atoms with E-state index >= 15 is 0 Å². The van der Waals surface area contributed by atoms with Crippen LogP contribution in [0.4, 0.5) is 0 Å². The van der Waals surface area contributed by atoms with Crippen LogP contribution in [0.2, 0.25) is 0 Å². The topological polar surface area (TPSA) is 116 Å². The number of nitrogens with one attached hydrogen (secondary N) is 2. The molecule has 4 N–H and O–H groups in total. The standard InChI is InChI=1S/C14H18N2O5/c1-9(7-12(17)16-21)13(18)15-11(14(19)20)8-10-5-3-2-4-6-10/h2-6,9,11,21H,7-8H2,1H3,(H,15,18)(H,16,17)(H,19,20)/t9?,11-/m0/s1. The van der Waals surface area contributed by atoms with Gasteiger partial charge in [0.15, 0.2) is 0 Å². The molecule has 1 aromatic rings. The Morgan fingerprint density at radius 2 is 1.81 bits per heavy atom. The maximum atomic E-state index is 11.9. The zero-order valence-electron chi connectivity index (χ0n) is 11.6. The second-order valence-electron chi connectivity index (χ2n) is 4.73. The molecule has 7 nitrogen and oxygen atoms in total. The zero-order valence-corrected chi connectivity index (χ0v) is 11.6. The molecule has 1 rings (SSSR count). The average Bonchev–Trinajstić information content (AvgIpc) is 2.47. The van der Waals surface area contributed by atoms with E-state index in [9.17, 15) is 14.4 Å². The number of benzene rings is 1. The van der Waals surface area contributed by atoms with Crippen LogP contribution in [0.25, 0.3) is 0 Å². The first-order valence-corrected chi connectivity index (χ1v) is 6.44. The summed E-state index contributed by atoms with van der Waals surface area (Å²) in [5.74, 6) is -3.14. The molecule has 0 saturated heterocycles. The highest BCUT2D eigenvalue weighted by Crippen LogP contribution is 2.06. The summed E-state index contributed by atoms with van der Waals surface area (Å²) >= 11 is 0. The predicted molar refractivity (Wildman–Crippen MR) is 73.4 cm³/mol. The maximum Gasteiger partial charge on any atom is 0.326 e. The Morgan fingerprint density at radius 1 is 1.19 bits per heavy atom. The Bertz CT molecular complexity index is 503. The molecular formula is C14H18N2O5. The fourth-order valence-corrected chi connectivity index (χ4v) is 1.78. The van der Waals surface area contributed by atoms with E-state index < -0.39 is 29.7 Å². The Kier molecular flexibility index (Phi) is 6.35. The van der Waals surface area contributed by atoms with Gasteiger partial charge in [0, 0.05) is 18.8 Å². The first-order valence-electron chi connectivity index (χ1n) is 6.44. The molecule has 0 aliphatic rings. The van der Waals surface area contributed by atoms with Crippen LogP contribution in [0, 0.1) is 5.92 Å². The highest BCUT2D eigenvalue weighted by molar-refractivity contribution is 5.88. The van der Waals surface area contributed by atoms with Crippen LogP contribution in [0.15, 0.2) is 30.3 Å². The van der Waals surface area contributed by atoms with E-state index in [0.29, 0.717) is 0 Å². The Labute approximate surface area is 121 Å². The summed E-state index contributed by atoms with van der Waals surface area (Å²) in [5, 5.41) is 20.0. The zero-order chi connectivity index (χ0) is 15.8. The average molecular weight is 294 g/mol. The number of rotatable bonds is 7. The largest absolute Gasteiger partial charge is 0.480 e. The summed E-state index contributed by atoms with van der Waals surface area (Å²) in [5.41, 5.74) is 2.21. The highest BCUT2D eigenvalue weighted by atomic mass is 16.5. The third-order valence-corrected chi connectivity index (χ3v) is 2.96. The molecule has 0 aliphatic carbocycles. The van der Waals surface area contributed by atoms with Gasteiger partial charge in [-0.15, -0.1) is 0 Å². The fourth-order valence-electron chi connectivity index (χ4n) is 1.78. The van der Waals surface area contributed by atoms with E-state index in [1.54, 1.807) is 24.3 Å². The van der Waals surface area contributed by atoms with Gasteiger partial charge < -0.3 is 10.4 Å². The molecule has 7 heteroatoms. The third-order valence-electron chi connectivity index (χ3n) is 2.96. The van der Waals surface area contributed by atoms with Crippen molar-refractivity contribution in [3.63, 3.8) is 0 Å². The van der Waals surface area contributed by atoms with E-state index in [4.69, 9.17) is 10.3 Å². The molecule has 0 bridgehead atoms. The van der Waals surface area contributed by atoms with Gasteiger partial charge in [-0.3, -0.25) is 14.8 Å². The Hall–Kier alpha value is -2.41. The summed E-state index contributed by atoms with van der Waals surface area (Å²) in [6.45, 7) is 1.48. The van der Waals surface area contributed by atoms with Gasteiger partial charge in [-0.05, 0) is 5.56 Å². The van der Waals surface area contributed by atoms with Gasteiger partial charge in [0.1, 0.15) is 6.04 Å². The van der Waals surface area contributed by atoms with E-state index in [-0.39, 0.29) is 12.8 Å². The first kappa shape index (κ1) is 16.6. The summed E-state index contributed by atoms with van der Waals surface area (Å²) in [4.78, 5) is 34.0. The number of carboxylic acid groups (broad SMARTS) is 1. The number of carbonyl (C=O) groups is 3. The lowest BCUT2D eigenvalue weighted by Gasteiger charge is -2.17. The van der Waals surface area contributed by atoms with Gasteiger partial charge in [-0.2, -0.15) is 0 Å². The molecule has 0 aromatic heterocycles. The molecule has 0 spiro atoms. The summed E-state index contributed by atoms with van der Waals surface area (Å²) in [6.07, 6.45) is -0.0686. The van der Waals surface area contributed by atoms with Crippen LogP contribution in [-0.2, 0) is 20.8 Å². The lowest BCUT2D eigenvalue weighted by atomic mass is 10.0. The molecule has 1 unspecified atom stereocenters. The number of hydroxylamine groups is 1. The quantitative estimate of drug-likeness (QED) is 0.427. The normalized spacial score (nSPS) is 13.0. The van der Waals surface area contributed by atoms with Gasteiger partial charge in [0.25, 0.3) is 0 Å². The lowest BCUT2D eigenvalue weighted by molar-refractivity contribution is -0.142. The van der Waals surface area contributed by atoms with Gasteiger partial charge in [0.2, 0.25) is 11.8 Å². The molecule has 0 fully saturated rings. The van der Waals surface area contributed by atoms with Crippen molar-refractivity contribution in [1.29, 1.82) is 0 Å². The SMILES string of the molecule is CC(CC(=O)NO)C(=O)N[C@@H](Cc1ccccc1)C(=O)O. The van der Waals surface area contributed by atoms with E-state index in [1.165, 1.54) is 12.4 Å². The van der Waals surface area contributed by atoms with Crippen molar-refractivity contribution >= 4 is 17.8 Å². The summed E-state index contributed by atoms with van der Waals surface area (Å²) in [6, 6.07) is 7.84. The van der Waals surface area contributed by atoms with Gasteiger partial charge in [0.05, 0.1) is 0 Å². The van der Waals surface area contributed by atoms with Crippen molar-refractivity contribution in [3.8, 4) is 0 Å². The van der Waals surface area contributed by atoms with Crippen LogP contribution in [-0.4, -0.2) is 34.1 Å².